The fraction of sp³-hybridized carbons (Fsp3) is 0.333. The number of aryl methyl sites for hydroxylation is 1. The highest BCUT2D eigenvalue weighted by Crippen LogP contribution is 2.13. The summed E-state index contributed by atoms with van der Waals surface area (Å²) in [6.45, 7) is 4.81. The van der Waals surface area contributed by atoms with Crippen LogP contribution in [0.5, 0.6) is 0 Å². The highest BCUT2D eigenvalue weighted by atomic mass is 16.1. The van der Waals surface area contributed by atoms with E-state index in [1.54, 1.807) is 18.3 Å². The number of carbonyl (C=O) groups is 1. The van der Waals surface area contributed by atoms with Crippen LogP contribution in [0.1, 0.15) is 27.4 Å². The lowest BCUT2D eigenvalue weighted by atomic mass is 10.2. The molecule has 0 spiro atoms. The number of aromatic nitrogens is 2. The summed E-state index contributed by atoms with van der Waals surface area (Å²) in [5.74, 6) is -0.120. The average Bonchev–Trinajstić information content (AvgIpc) is 2.67. The van der Waals surface area contributed by atoms with E-state index in [9.17, 15) is 4.79 Å². The first-order valence-corrected chi connectivity index (χ1v) is 6.40. The van der Waals surface area contributed by atoms with Gasteiger partial charge in [0.2, 0.25) is 0 Å². The van der Waals surface area contributed by atoms with Gasteiger partial charge in [-0.1, -0.05) is 6.07 Å². The van der Waals surface area contributed by atoms with Crippen LogP contribution >= 0.6 is 0 Å². The molecule has 100 valence electrons. The Bertz CT molecular complexity index is 573. The van der Waals surface area contributed by atoms with Crippen molar-refractivity contribution >= 4 is 5.91 Å². The first-order valence-electron chi connectivity index (χ1n) is 6.40. The van der Waals surface area contributed by atoms with Gasteiger partial charge in [0.05, 0.1) is 0 Å². The molecule has 2 heterocycles. The van der Waals surface area contributed by atoms with Gasteiger partial charge >= 0.3 is 0 Å². The minimum atomic E-state index is -0.120. The summed E-state index contributed by atoms with van der Waals surface area (Å²) in [5.41, 5.74) is 4.23. The number of nitrogens with zero attached hydrogens (tertiary/aromatic N) is 2. The van der Waals surface area contributed by atoms with Crippen LogP contribution in [-0.4, -0.2) is 22.0 Å². The summed E-state index contributed by atoms with van der Waals surface area (Å²) in [5, 5.41) is 2.89. The molecule has 0 aliphatic heterocycles. The molecule has 0 aliphatic carbocycles. The molecule has 2 aromatic heterocycles. The Kier molecular flexibility index (Phi) is 4.00. The molecule has 0 saturated carbocycles. The van der Waals surface area contributed by atoms with E-state index in [4.69, 9.17) is 0 Å². The fourth-order valence-corrected chi connectivity index (χ4v) is 2.08. The van der Waals surface area contributed by atoms with Gasteiger partial charge in [0.25, 0.3) is 5.91 Å². The highest BCUT2D eigenvalue weighted by molar-refractivity contribution is 5.92. The number of carbonyl (C=O) groups excluding carboxylic acids is 1. The minimum Gasteiger partial charge on any atom is -0.352 e. The molecular formula is C15H19N3O. The third kappa shape index (κ3) is 3.02. The Morgan fingerprint density at radius 3 is 2.74 bits per heavy atom. The lowest BCUT2D eigenvalue weighted by molar-refractivity contribution is 0.0949. The quantitative estimate of drug-likeness (QED) is 0.910. The van der Waals surface area contributed by atoms with E-state index in [1.165, 1.54) is 17.0 Å². The summed E-state index contributed by atoms with van der Waals surface area (Å²) in [4.78, 5) is 15.8. The van der Waals surface area contributed by atoms with Crippen LogP contribution in [0.4, 0.5) is 0 Å². The summed E-state index contributed by atoms with van der Waals surface area (Å²) in [6.07, 6.45) is 2.46. The van der Waals surface area contributed by atoms with E-state index < -0.39 is 0 Å². The van der Waals surface area contributed by atoms with Crippen LogP contribution in [0.15, 0.2) is 30.5 Å². The third-order valence-corrected chi connectivity index (χ3v) is 3.46. The van der Waals surface area contributed by atoms with E-state index in [0.717, 1.165) is 6.42 Å². The Morgan fingerprint density at radius 2 is 2.16 bits per heavy atom. The van der Waals surface area contributed by atoms with Gasteiger partial charge in [-0.3, -0.25) is 9.78 Å². The molecule has 1 N–H and O–H groups in total. The maximum atomic E-state index is 11.8. The maximum Gasteiger partial charge on any atom is 0.269 e. The average molecular weight is 257 g/mol. The van der Waals surface area contributed by atoms with E-state index in [2.05, 4.69) is 41.8 Å². The second kappa shape index (κ2) is 5.69. The summed E-state index contributed by atoms with van der Waals surface area (Å²) in [6, 6.07) is 7.50. The standard InChI is InChI=1S/C15H19N3O/c1-11-10-13(12(2)18(11)3)7-9-17-15(19)14-6-4-5-8-16-14/h4-6,8,10H,7,9H2,1-3H3,(H,17,19). The predicted molar refractivity (Wildman–Crippen MR) is 75.2 cm³/mol. The van der Waals surface area contributed by atoms with Crippen molar-refractivity contribution in [1.29, 1.82) is 0 Å². The molecule has 19 heavy (non-hydrogen) atoms. The zero-order valence-electron chi connectivity index (χ0n) is 11.6. The van der Waals surface area contributed by atoms with Crippen LogP contribution in [0.25, 0.3) is 0 Å². The highest BCUT2D eigenvalue weighted by Gasteiger charge is 2.08. The molecule has 0 saturated heterocycles. The smallest absolute Gasteiger partial charge is 0.269 e. The van der Waals surface area contributed by atoms with E-state index >= 15 is 0 Å². The first-order chi connectivity index (χ1) is 9.09. The van der Waals surface area contributed by atoms with Crippen LogP contribution in [0.3, 0.4) is 0 Å². The van der Waals surface area contributed by atoms with Crippen molar-refractivity contribution in [2.24, 2.45) is 7.05 Å². The molecule has 2 rings (SSSR count). The monoisotopic (exact) mass is 257 g/mol. The first kappa shape index (κ1) is 13.3. The van der Waals surface area contributed by atoms with Crippen molar-refractivity contribution in [3.63, 3.8) is 0 Å². The minimum absolute atomic E-state index is 0.120. The maximum absolute atomic E-state index is 11.8. The molecule has 2 aromatic rings. The summed E-state index contributed by atoms with van der Waals surface area (Å²) >= 11 is 0. The lowest BCUT2D eigenvalue weighted by Crippen LogP contribution is -2.26. The molecule has 4 nitrogen and oxygen atoms in total. The number of amides is 1. The molecule has 0 atom stereocenters. The largest absolute Gasteiger partial charge is 0.352 e. The van der Waals surface area contributed by atoms with E-state index in [1.807, 2.05) is 6.07 Å². The molecule has 0 radical (unpaired) electrons. The molecule has 4 heteroatoms. The molecule has 0 aliphatic rings. The van der Waals surface area contributed by atoms with Gasteiger partial charge in [-0.25, -0.2) is 0 Å². The number of pyridine rings is 1. The molecule has 0 aromatic carbocycles. The SMILES string of the molecule is Cc1cc(CCNC(=O)c2ccccn2)c(C)n1C. The van der Waals surface area contributed by atoms with Crippen LogP contribution in [0.2, 0.25) is 0 Å². The van der Waals surface area contributed by atoms with Crippen LogP contribution in [0, 0.1) is 13.8 Å². The number of nitrogens with one attached hydrogen (secondary N) is 1. The Labute approximate surface area is 113 Å². The number of rotatable bonds is 4. The second-order valence-electron chi connectivity index (χ2n) is 4.68. The van der Waals surface area contributed by atoms with Gasteiger partial charge in [0.15, 0.2) is 0 Å². The van der Waals surface area contributed by atoms with Crippen LogP contribution < -0.4 is 5.32 Å². The zero-order chi connectivity index (χ0) is 13.8. The Hall–Kier alpha value is -2.10. The predicted octanol–water partition coefficient (Wildman–Crippen LogP) is 2.01. The second-order valence-corrected chi connectivity index (χ2v) is 4.68. The number of hydrogen-bond acceptors (Lipinski definition) is 2. The van der Waals surface area contributed by atoms with Crippen molar-refractivity contribution in [1.82, 2.24) is 14.9 Å². The summed E-state index contributed by atoms with van der Waals surface area (Å²) in [7, 11) is 2.06. The van der Waals surface area contributed by atoms with E-state index in [0.29, 0.717) is 12.2 Å². The summed E-state index contributed by atoms with van der Waals surface area (Å²) < 4.78 is 2.16. The van der Waals surface area contributed by atoms with Gasteiger partial charge in [0.1, 0.15) is 5.69 Å². The fourth-order valence-electron chi connectivity index (χ4n) is 2.08. The molecule has 0 bridgehead atoms. The topological polar surface area (TPSA) is 46.9 Å². The van der Waals surface area contributed by atoms with Crippen molar-refractivity contribution in [3.05, 3.63) is 53.1 Å². The lowest BCUT2D eigenvalue weighted by Gasteiger charge is -2.05. The third-order valence-electron chi connectivity index (χ3n) is 3.46. The van der Waals surface area contributed by atoms with Gasteiger partial charge in [-0.15, -0.1) is 0 Å². The van der Waals surface area contributed by atoms with Crippen LogP contribution in [-0.2, 0) is 13.5 Å². The molecule has 1 amide bonds. The molecular weight excluding hydrogens is 238 g/mol. The van der Waals surface area contributed by atoms with Gasteiger partial charge in [0, 0.05) is 31.2 Å². The Morgan fingerprint density at radius 1 is 1.37 bits per heavy atom. The zero-order valence-corrected chi connectivity index (χ0v) is 11.6. The van der Waals surface area contributed by atoms with Crippen molar-refractivity contribution in [2.45, 2.75) is 20.3 Å². The Balaban J connectivity index is 1.90. The number of hydrogen-bond donors (Lipinski definition) is 1. The van der Waals surface area contributed by atoms with Gasteiger partial charge in [-0.2, -0.15) is 0 Å². The van der Waals surface area contributed by atoms with E-state index in [-0.39, 0.29) is 5.91 Å². The van der Waals surface area contributed by atoms with Crippen molar-refractivity contribution in [2.75, 3.05) is 6.54 Å². The van der Waals surface area contributed by atoms with Crippen molar-refractivity contribution < 1.29 is 4.79 Å². The van der Waals surface area contributed by atoms with Gasteiger partial charge < -0.3 is 9.88 Å². The van der Waals surface area contributed by atoms with Gasteiger partial charge in [-0.05, 0) is 44.0 Å². The van der Waals surface area contributed by atoms with Crippen molar-refractivity contribution in [3.8, 4) is 0 Å². The molecule has 0 fully saturated rings. The molecule has 0 unspecified atom stereocenters. The normalized spacial score (nSPS) is 10.5.